The van der Waals surface area contributed by atoms with Crippen molar-refractivity contribution in [2.24, 2.45) is 0 Å². The van der Waals surface area contributed by atoms with Crippen molar-refractivity contribution in [1.29, 1.82) is 0 Å². The van der Waals surface area contributed by atoms with E-state index in [0.29, 0.717) is 35.7 Å². The summed E-state index contributed by atoms with van der Waals surface area (Å²) < 4.78 is 2.28. The first kappa shape index (κ1) is 19.7. The quantitative estimate of drug-likeness (QED) is 0.601. The van der Waals surface area contributed by atoms with Crippen LogP contribution in [-0.4, -0.2) is 45.6 Å². The van der Waals surface area contributed by atoms with Crippen molar-refractivity contribution in [3.05, 3.63) is 40.4 Å². The van der Waals surface area contributed by atoms with Gasteiger partial charge < -0.3 is 20.1 Å². The van der Waals surface area contributed by atoms with E-state index < -0.39 is 0 Å². The molecule has 0 unspecified atom stereocenters. The molecule has 10 heteroatoms. The fourth-order valence-electron chi connectivity index (χ4n) is 3.03. The topological polar surface area (TPSA) is 112 Å². The van der Waals surface area contributed by atoms with Gasteiger partial charge in [-0.3, -0.25) is 19.5 Å². The maximum absolute atomic E-state index is 12.2. The molecule has 2 heterocycles. The molecule has 0 atom stereocenters. The molecule has 1 aliphatic rings. The number of carbonyl (C=O) groups is 3. The summed E-state index contributed by atoms with van der Waals surface area (Å²) in [7, 11) is 0. The SMILES string of the molecule is CCn1c(CNC(=O)CNC(=O)c2ccc(N3CCCC3=O)cc2)n[nH]c1=S. The first-order valence-electron chi connectivity index (χ1n) is 9.09. The Morgan fingerprint density at radius 1 is 1.25 bits per heavy atom. The maximum atomic E-state index is 12.2. The minimum absolute atomic E-state index is 0.0957. The average Bonchev–Trinajstić information content (AvgIpc) is 3.29. The zero-order chi connectivity index (χ0) is 20.1. The second kappa shape index (κ2) is 8.79. The van der Waals surface area contributed by atoms with Crippen LogP contribution in [0, 0.1) is 4.77 Å². The Morgan fingerprint density at radius 2 is 2.00 bits per heavy atom. The summed E-state index contributed by atoms with van der Waals surface area (Å²) in [6.45, 7) is 3.35. The van der Waals surface area contributed by atoms with Gasteiger partial charge in [-0.25, -0.2) is 0 Å². The van der Waals surface area contributed by atoms with Crippen LogP contribution >= 0.6 is 12.2 Å². The highest BCUT2D eigenvalue weighted by Gasteiger charge is 2.21. The van der Waals surface area contributed by atoms with Crippen LogP contribution in [-0.2, 0) is 22.7 Å². The van der Waals surface area contributed by atoms with Gasteiger partial charge in [0, 0.05) is 30.8 Å². The van der Waals surface area contributed by atoms with Gasteiger partial charge in [-0.2, -0.15) is 5.10 Å². The van der Waals surface area contributed by atoms with Crippen molar-refractivity contribution in [2.75, 3.05) is 18.0 Å². The Kier molecular flexibility index (Phi) is 6.19. The van der Waals surface area contributed by atoms with Gasteiger partial charge in [0.2, 0.25) is 11.8 Å². The van der Waals surface area contributed by atoms with Crippen LogP contribution in [0.5, 0.6) is 0 Å². The van der Waals surface area contributed by atoms with Gasteiger partial charge in [0.05, 0.1) is 13.1 Å². The van der Waals surface area contributed by atoms with Gasteiger partial charge in [-0.1, -0.05) is 0 Å². The van der Waals surface area contributed by atoms with Gasteiger partial charge >= 0.3 is 0 Å². The molecule has 1 saturated heterocycles. The molecule has 3 N–H and O–H groups in total. The van der Waals surface area contributed by atoms with Gasteiger partial charge in [0.1, 0.15) is 0 Å². The maximum Gasteiger partial charge on any atom is 0.251 e. The third-order valence-electron chi connectivity index (χ3n) is 4.52. The van der Waals surface area contributed by atoms with Crippen LogP contribution in [0.2, 0.25) is 0 Å². The number of aromatic nitrogens is 3. The van der Waals surface area contributed by atoms with Crippen molar-refractivity contribution in [2.45, 2.75) is 32.9 Å². The number of hydrogen-bond donors (Lipinski definition) is 3. The standard InChI is InChI=1S/C18H22N6O3S/c1-2-23-14(21-22-18(23)28)10-19-15(25)11-20-17(27)12-5-7-13(8-6-12)24-9-3-4-16(24)26/h5-8H,2-4,9-11H2,1H3,(H,19,25)(H,20,27)(H,22,28). The number of rotatable bonds is 7. The molecule has 0 saturated carbocycles. The number of nitrogens with zero attached hydrogens (tertiary/aromatic N) is 3. The van der Waals surface area contributed by atoms with E-state index in [1.54, 1.807) is 33.7 Å². The Morgan fingerprint density at radius 3 is 2.64 bits per heavy atom. The predicted octanol–water partition coefficient (Wildman–Crippen LogP) is 1.13. The molecule has 1 aromatic carbocycles. The van der Waals surface area contributed by atoms with Gasteiger partial charge in [0.15, 0.2) is 10.6 Å². The third kappa shape index (κ3) is 4.45. The molecule has 0 radical (unpaired) electrons. The monoisotopic (exact) mass is 402 g/mol. The number of anilines is 1. The molecule has 0 bridgehead atoms. The number of amides is 3. The summed E-state index contributed by atoms with van der Waals surface area (Å²) in [4.78, 5) is 37.7. The van der Waals surface area contributed by atoms with Crippen molar-refractivity contribution in [1.82, 2.24) is 25.4 Å². The van der Waals surface area contributed by atoms with E-state index in [1.807, 2.05) is 6.92 Å². The molecule has 28 heavy (non-hydrogen) atoms. The van der Waals surface area contributed by atoms with E-state index in [1.165, 1.54) is 0 Å². The summed E-state index contributed by atoms with van der Waals surface area (Å²) in [5.41, 5.74) is 1.20. The van der Waals surface area contributed by atoms with Gasteiger partial charge in [0.25, 0.3) is 5.91 Å². The lowest BCUT2D eigenvalue weighted by Gasteiger charge is -2.15. The Bertz CT molecular complexity index is 934. The highest BCUT2D eigenvalue weighted by Crippen LogP contribution is 2.21. The number of hydrogen-bond acceptors (Lipinski definition) is 5. The van der Waals surface area contributed by atoms with Crippen LogP contribution < -0.4 is 15.5 Å². The summed E-state index contributed by atoms with van der Waals surface area (Å²) in [5.74, 6) is 0.0347. The molecule has 1 aromatic heterocycles. The first-order chi connectivity index (χ1) is 13.5. The molecule has 1 fully saturated rings. The molecule has 0 aliphatic carbocycles. The second-order valence-electron chi connectivity index (χ2n) is 6.34. The van der Waals surface area contributed by atoms with E-state index in [-0.39, 0.29) is 30.8 Å². The van der Waals surface area contributed by atoms with Gasteiger partial charge in [-0.15, -0.1) is 0 Å². The average molecular weight is 402 g/mol. The molecule has 1 aliphatic heterocycles. The molecular formula is C18H22N6O3S. The molecule has 9 nitrogen and oxygen atoms in total. The van der Waals surface area contributed by atoms with Crippen LogP contribution in [0.1, 0.15) is 35.9 Å². The Balaban J connectivity index is 1.48. The van der Waals surface area contributed by atoms with E-state index >= 15 is 0 Å². The second-order valence-corrected chi connectivity index (χ2v) is 6.73. The summed E-state index contributed by atoms with van der Waals surface area (Å²) in [5, 5.41) is 12.0. The Labute approximate surface area is 167 Å². The lowest BCUT2D eigenvalue weighted by molar-refractivity contribution is -0.120. The minimum atomic E-state index is -0.356. The normalized spacial score (nSPS) is 13.6. The van der Waals surface area contributed by atoms with Crippen LogP contribution in [0.25, 0.3) is 0 Å². The van der Waals surface area contributed by atoms with Crippen LogP contribution in [0.4, 0.5) is 5.69 Å². The van der Waals surface area contributed by atoms with Crippen molar-refractivity contribution in [3.8, 4) is 0 Å². The molecule has 148 valence electrons. The van der Waals surface area contributed by atoms with E-state index in [9.17, 15) is 14.4 Å². The highest BCUT2D eigenvalue weighted by molar-refractivity contribution is 7.71. The fourth-order valence-corrected chi connectivity index (χ4v) is 3.31. The van der Waals surface area contributed by atoms with Gasteiger partial charge in [-0.05, 0) is 49.8 Å². The van der Waals surface area contributed by atoms with Crippen molar-refractivity contribution >= 4 is 35.6 Å². The number of benzene rings is 1. The first-order valence-corrected chi connectivity index (χ1v) is 9.50. The summed E-state index contributed by atoms with van der Waals surface area (Å²) in [6.07, 6.45) is 1.40. The van der Waals surface area contributed by atoms with Crippen molar-refractivity contribution in [3.63, 3.8) is 0 Å². The molecule has 3 amide bonds. The fraction of sp³-hybridized carbons (Fsp3) is 0.389. The van der Waals surface area contributed by atoms with E-state index in [0.717, 1.165) is 12.1 Å². The van der Waals surface area contributed by atoms with Crippen LogP contribution in [0.15, 0.2) is 24.3 Å². The zero-order valence-corrected chi connectivity index (χ0v) is 16.3. The minimum Gasteiger partial charge on any atom is -0.347 e. The van der Waals surface area contributed by atoms with Crippen LogP contribution in [0.3, 0.4) is 0 Å². The third-order valence-corrected chi connectivity index (χ3v) is 4.83. The van der Waals surface area contributed by atoms with E-state index in [2.05, 4.69) is 20.8 Å². The lowest BCUT2D eigenvalue weighted by atomic mass is 10.2. The highest BCUT2D eigenvalue weighted by atomic mass is 32.1. The molecule has 2 aromatic rings. The smallest absolute Gasteiger partial charge is 0.251 e. The number of nitrogens with one attached hydrogen (secondary N) is 3. The Hall–Kier alpha value is -3.01. The number of aromatic amines is 1. The zero-order valence-electron chi connectivity index (χ0n) is 15.5. The summed E-state index contributed by atoms with van der Waals surface area (Å²) >= 11 is 5.10. The molecule has 0 spiro atoms. The van der Waals surface area contributed by atoms with Crippen molar-refractivity contribution < 1.29 is 14.4 Å². The predicted molar refractivity (Wildman–Crippen MR) is 105 cm³/mol. The lowest BCUT2D eigenvalue weighted by Crippen LogP contribution is -2.37. The number of carbonyl (C=O) groups excluding carboxylic acids is 3. The summed E-state index contributed by atoms with van der Waals surface area (Å²) in [6, 6.07) is 6.78. The molecular weight excluding hydrogens is 380 g/mol. The van der Waals surface area contributed by atoms with E-state index in [4.69, 9.17) is 12.2 Å². The molecule has 3 rings (SSSR count). The number of H-pyrrole nitrogens is 1. The largest absolute Gasteiger partial charge is 0.347 e.